The zero-order chi connectivity index (χ0) is 11.5. The fourth-order valence-electron chi connectivity index (χ4n) is 1.98. The summed E-state index contributed by atoms with van der Waals surface area (Å²) in [4.78, 5) is 1.21. The molecule has 1 N–H and O–H groups in total. The molecule has 0 aromatic heterocycles. The van der Waals surface area contributed by atoms with Gasteiger partial charge in [-0.05, 0) is 18.6 Å². The first-order chi connectivity index (χ1) is 7.68. The van der Waals surface area contributed by atoms with Gasteiger partial charge in [0.25, 0.3) is 0 Å². The monoisotopic (exact) mass is 253 g/mol. The minimum Gasteiger partial charge on any atom is -0.287 e. The summed E-state index contributed by atoms with van der Waals surface area (Å²) in [6.45, 7) is 4.76. The van der Waals surface area contributed by atoms with Crippen molar-refractivity contribution in [2.24, 2.45) is 0 Å². The first-order valence-electron chi connectivity index (χ1n) is 5.92. The summed E-state index contributed by atoms with van der Waals surface area (Å²) in [7, 11) is -0.436. The van der Waals surface area contributed by atoms with Crippen molar-refractivity contribution in [2.75, 3.05) is 5.06 Å². The molecule has 4 heteroatoms. The molecule has 1 atom stereocenters. The van der Waals surface area contributed by atoms with Gasteiger partial charge in [-0.25, -0.2) is 5.06 Å². The van der Waals surface area contributed by atoms with Crippen LogP contribution in [0.15, 0.2) is 29.2 Å². The molecule has 0 saturated carbocycles. The number of rotatable bonds is 4. The number of hydrogen-bond acceptors (Lipinski definition) is 3. The maximum Gasteiger partial charge on any atom is 0.106 e. The number of fused-ring (bicyclic) bond motifs is 1. The van der Waals surface area contributed by atoms with Gasteiger partial charge in [0.2, 0.25) is 0 Å². The van der Waals surface area contributed by atoms with Crippen LogP contribution in [0.5, 0.6) is 0 Å². The molecule has 0 fully saturated rings. The molecule has 1 aromatic carbocycles. The Morgan fingerprint density at radius 3 is 2.81 bits per heavy atom. The molecular formula is C12H19NOSSi. The molecule has 16 heavy (non-hydrogen) atoms. The Balaban J connectivity index is 1.92. The van der Waals surface area contributed by atoms with Crippen LogP contribution in [0.3, 0.4) is 0 Å². The Morgan fingerprint density at radius 2 is 2.12 bits per heavy atom. The zero-order valence-corrected chi connectivity index (χ0v) is 11.9. The second-order valence-corrected chi connectivity index (χ2v) is 9.29. The van der Waals surface area contributed by atoms with E-state index in [1.54, 1.807) is 11.8 Å². The molecule has 1 aromatic rings. The minimum absolute atomic E-state index is 0.227. The Hall–Kier alpha value is -0.453. The Morgan fingerprint density at radius 1 is 1.38 bits per heavy atom. The molecule has 2 rings (SSSR count). The molecule has 0 spiro atoms. The van der Waals surface area contributed by atoms with Crippen LogP contribution < -0.4 is 5.06 Å². The molecule has 0 saturated heterocycles. The second kappa shape index (κ2) is 5.25. The fourth-order valence-corrected chi connectivity index (χ4v) is 4.26. The molecule has 1 aliphatic rings. The maximum absolute atomic E-state index is 10.0. The standard InChI is InChI=1S/C12H19NOSSi/c1-16(2)9-5-8-12-13(14)10-6-3-4-7-11(10)15-12/h3-4,6-7,12,14,16H,5,8-9H2,1-2H3. The summed E-state index contributed by atoms with van der Waals surface area (Å²) in [5.74, 6) is 0. The van der Waals surface area contributed by atoms with E-state index in [1.165, 1.54) is 22.4 Å². The average Bonchev–Trinajstić information content (AvgIpc) is 2.56. The Bertz CT molecular complexity index is 359. The number of benzene rings is 1. The minimum atomic E-state index is -0.436. The Kier molecular flexibility index (Phi) is 3.94. The molecule has 88 valence electrons. The van der Waals surface area contributed by atoms with Crippen molar-refractivity contribution in [1.82, 2.24) is 0 Å². The first-order valence-corrected chi connectivity index (χ1v) is 9.93. The van der Waals surface area contributed by atoms with Gasteiger partial charge < -0.3 is 0 Å². The van der Waals surface area contributed by atoms with Crippen LogP contribution >= 0.6 is 11.8 Å². The molecule has 0 amide bonds. The lowest BCUT2D eigenvalue weighted by Crippen LogP contribution is -2.25. The smallest absolute Gasteiger partial charge is 0.106 e. The van der Waals surface area contributed by atoms with Crippen molar-refractivity contribution in [3.63, 3.8) is 0 Å². The molecular weight excluding hydrogens is 234 g/mol. The van der Waals surface area contributed by atoms with E-state index in [2.05, 4.69) is 19.2 Å². The molecule has 1 aliphatic heterocycles. The summed E-state index contributed by atoms with van der Waals surface area (Å²) >= 11 is 1.79. The van der Waals surface area contributed by atoms with Crippen molar-refractivity contribution in [1.29, 1.82) is 0 Å². The van der Waals surface area contributed by atoms with Crippen molar-refractivity contribution in [3.05, 3.63) is 24.3 Å². The van der Waals surface area contributed by atoms with Crippen LogP contribution in [0.2, 0.25) is 19.1 Å². The predicted molar refractivity (Wildman–Crippen MR) is 73.3 cm³/mol. The lowest BCUT2D eigenvalue weighted by Gasteiger charge is -2.19. The van der Waals surface area contributed by atoms with Gasteiger partial charge in [-0.1, -0.05) is 49.5 Å². The van der Waals surface area contributed by atoms with Crippen molar-refractivity contribution >= 4 is 26.2 Å². The topological polar surface area (TPSA) is 23.5 Å². The van der Waals surface area contributed by atoms with Crippen molar-refractivity contribution in [2.45, 2.75) is 42.2 Å². The van der Waals surface area contributed by atoms with Crippen LogP contribution in [0, 0.1) is 0 Å². The lowest BCUT2D eigenvalue weighted by atomic mass is 10.3. The number of thioether (sulfide) groups is 1. The van der Waals surface area contributed by atoms with Crippen LogP contribution in [-0.2, 0) is 0 Å². The van der Waals surface area contributed by atoms with Gasteiger partial charge in [0, 0.05) is 13.7 Å². The van der Waals surface area contributed by atoms with Crippen molar-refractivity contribution < 1.29 is 5.21 Å². The molecule has 0 bridgehead atoms. The van der Waals surface area contributed by atoms with E-state index >= 15 is 0 Å². The summed E-state index contributed by atoms with van der Waals surface area (Å²) in [5, 5.41) is 11.7. The van der Waals surface area contributed by atoms with Crippen LogP contribution in [0.25, 0.3) is 0 Å². The number of nitrogens with zero attached hydrogens (tertiary/aromatic N) is 1. The lowest BCUT2D eigenvalue weighted by molar-refractivity contribution is 0.243. The van der Waals surface area contributed by atoms with Gasteiger partial charge in [-0.2, -0.15) is 0 Å². The predicted octanol–water partition coefficient (Wildman–Crippen LogP) is 3.58. The molecule has 1 heterocycles. The summed E-state index contributed by atoms with van der Waals surface area (Å²) in [5.41, 5.74) is 0.972. The second-order valence-electron chi connectivity index (χ2n) is 4.71. The van der Waals surface area contributed by atoms with Gasteiger partial charge in [0.05, 0.1) is 5.69 Å². The van der Waals surface area contributed by atoms with Gasteiger partial charge in [0.1, 0.15) is 5.37 Å². The van der Waals surface area contributed by atoms with E-state index in [9.17, 15) is 5.21 Å². The normalized spacial score (nSPS) is 19.2. The largest absolute Gasteiger partial charge is 0.287 e. The van der Waals surface area contributed by atoms with Gasteiger partial charge in [0.15, 0.2) is 0 Å². The summed E-state index contributed by atoms with van der Waals surface area (Å²) in [6, 6.07) is 9.45. The average molecular weight is 253 g/mol. The first kappa shape index (κ1) is 12.0. The summed E-state index contributed by atoms with van der Waals surface area (Å²) < 4.78 is 0. The van der Waals surface area contributed by atoms with E-state index < -0.39 is 8.80 Å². The van der Waals surface area contributed by atoms with Gasteiger partial charge in [-0.3, -0.25) is 5.21 Å². The van der Waals surface area contributed by atoms with Crippen LogP contribution in [0.1, 0.15) is 12.8 Å². The maximum atomic E-state index is 10.0. The highest BCUT2D eigenvalue weighted by atomic mass is 32.2. The van der Waals surface area contributed by atoms with Gasteiger partial charge in [-0.15, -0.1) is 0 Å². The van der Waals surface area contributed by atoms with Gasteiger partial charge >= 0.3 is 0 Å². The van der Waals surface area contributed by atoms with Crippen molar-refractivity contribution in [3.8, 4) is 0 Å². The van der Waals surface area contributed by atoms with E-state index in [0.717, 1.165) is 12.1 Å². The quantitative estimate of drug-likeness (QED) is 0.830. The van der Waals surface area contributed by atoms with Crippen LogP contribution in [0.4, 0.5) is 5.69 Å². The highest BCUT2D eigenvalue weighted by molar-refractivity contribution is 8.00. The third-order valence-corrected chi connectivity index (χ3v) is 5.75. The van der Waals surface area contributed by atoms with E-state index in [1.807, 2.05) is 18.2 Å². The Labute approximate surface area is 103 Å². The number of hydroxylamine groups is 1. The zero-order valence-electron chi connectivity index (χ0n) is 9.89. The fraction of sp³-hybridized carbons (Fsp3) is 0.500. The van der Waals surface area contributed by atoms with Crippen LogP contribution in [-0.4, -0.2) is 19.4 Å². The van der Waals surface area contributed by atoms with E-state index in [4.69, 9.17) is 0 Å². The molecule has 0 aliphatic carbocycles. The third kappa shape index (κ3) is 2.62. The highest BCUT2D eigenvalue weighted by Crippen LogP contribution is 2.43. The number of hydrogen-bond donors (Lipinski definition) is 1. The van der Waals surface area contributed by atoms with E-state index in [0.29, 0.717) is 0 Å². The molecule has 1 unspecified atom stereocenters. The SMILES string of the molecule is C[SiH](C)CCCC1Sc2ccccc2N1O. The summed E-state index contributed by atoms with van der Waals surface area (Å²) in [6.07, 6.45) is 2.33. The molecule has 0 radical (unpaired) electrons. The van der Waals surface area contributed by atoms with E-state index in [-0.39, 0.29) is 5.37 Å². The third-order valence-electron chi connectivity index (χ3n) is 2.88. The number of para-hydroxylation sites is 1. The number of anilines is 1. The highest BCUT2D eigenvalue weighted by Gasteiger charge is 2.28. The molecule has 2 nitrogen and oxygen atoms in total.